The minimum Gasteiger partial charge on any atom is -0.495 e. The number of aromatic nitrogens is 3. The lowest BCUT2D eigenvalue weighted by Gasteiger charge is -2.35. The van der Waals surface area contributed by atoms with Gasteiger partial charge in [-0.2, -0.15) is 9.61 Å². The summed E-state index contributed by atoms with van der Waals surface area (Å²) in [6, 6.07) is 12.8. The van der Waals surface area contributed by atoms with Crippen LogP contribution in [0.3, 0.4) is 0 Å². The van der Waals surface area contributed by atoms with Gasteiger partial charge < -0.3 is 24.0 Å². The lowest BCUT2D eigenvalue weighted by molar-refractivity contribution is 0.0575. The molecule has 1 aliphatic rings. The van der Waals surface area contributed by atoms with E-state index < -0.39 is 37.5 Å². The van der Waals surface area contributed by atoms with Crippen molar-refractivity contribution in [3.8, 4) is 16.9 Å². The van der Waals surface area contributed by atoms with Gasteiger partial charge in [0, 0.05) is 50.3 Å². The van der Waals surface area contributed by atoms with Crippen LogP contribution in [-0.2, 0) is 35.7 Å². The first-order valence-electron chi connectivity index (χ1n) is 16.6. The maximum atomic E-state index is 14.1. The molecule has 5 rings (SSSR count). The summed E-state index contributed by atoms with van der Waals surface area (Å²) in [4.78, 5) is 36.6. The second-order valence-corrected chi connectivity index (χ2v) is 17.5. The number of nitrogens with zero attached hydrogens (tertiary/aromatic N) is 6. The Morgan fingerprint density at radius 1 is 0.942 bits per heavy atom. The van der Waals surface area contributed by atoms with Gasteiger partial charge >= 0.3 is 12.2 Å². The number of amides is 2. The van der Waals surface area contributed by atoms with E-state index in [9.17, 15) is 26.4 Å². The van der Waals surface area contributed by atoms with E-state index >= 15 is 0 Å². The number of carbonyl (C=O) groups is 2. The maximum Gasteiger partial charge on any atom is 0.416 e. The Hall–Kier alpha value is -4.90. The number of aryl methyl sites for hydroxylation is 1. The number of hydrogen-bond donors (Lipinski definition) is 0. The highest BCUT2D eigenvalue weighted by molar-refractivity contribution is 7.91. The van der Waals surface area contributed by atoms with Crippen molar-refractivity contribution < 1.29 is 40.6 Å². The number of sulfone groups is 2. The Morgan fingerprint density at radius 2 is 1.63 bits per heavy atom. The highest BCUT2D eigenvalue weighted by atomic mass is 32.2. The molecule has 280 valence electrons. The Bertz CT molecular complexity index is 2220. The predicted octanol–water partition coefficient (Wildman–Crippen LogP) is 4.74. The van der Waals surface area contributed by atoms with Crippen molar-refractivity contribution in [2.45, 2.75) is 56.6 Å². The van der Waals surface area contributed by atoms with Gasteiger partial charge in [-0.25, -0.2) is 31.4 Å². The molecule has 0 saturated carbocycles. The Balaban J connectivity index is 1.74. The van der Waals surface area contributed by atoms with Gasteiger partial charge in [-0.05, 0) is 70.0 Å². The van der Waals surface area contributed by atoms with Crippen LogP contribution >= 0.6 is 0 Å². The van der Waals surface area contributed by atoms with E-state index in [0.29, 0.717) is 60.0 Å². The van der Waals surface area contributed by atoms with Crippen molar-refractivity contribution in [3.63, 3.8) is 0 Å². The first kappa shape index (κ1) is 38.3. The molecule has 0 bridgehead atoms. The molecule has 3 heterocycles. The first-order valence-corrected chi connectivity index (χ1v) is 20.3. The van der Waals surface area contributed by atoms with Crippen LogP contribution in [0.15, 0.2) is 58.3 Å². The lowest BCUT2D eigenvalue weighted by Crippen LogP contribution is -2.49. The monoisotopic (exact) mass is 756 g/mol. The number of hydrogen-bond acceptors (Lipinski definition) is 12. The minimum atomic E-state index is -3.70. The minimum absolute atomic E-state index is 0.0149. The van der Waals surface area contributed by atoms with E-state index in [1.54, 1.807) is 69.9 Å². The fraction of sp³-hybridized carbons (Fsp3) is 0.429. The number of rotatable bonds is 9. The number of piperazine rings is 1. The number of methoxy groups -OCH3 is 1. The summed E-state index contributed by atoms with van der Waals surface area (Å²) in [5.41, 5.74) is 1.45. The molecule has 2 aromatic heterocycles. The molecule has 2 aromatic carbocycles. The topological polar surface area (TPSA) is 170 Å². The first-order chi connectivity index (χ1) is 24.3. The zero-order valence-electron chi connectivity index (χ0n) is 30.5. The Kier molecular flexibility index (Phi) is 10.8. The maximum absolute atomic E-state index is 14.1. The van der Waals surface area contributed by atoms with Crippen molar-refractivity contribution in [1.82, 2.24) is 19.5 Å². The van der Waals surface area contributed by atoms with Gasteiger partial charge in [-0.3, -0.25) is 4.90 Å². The summed E-state index contributed by atoms with van der Waals surface area (Å²) in [6.45, 7) is 10.4. The normalized spacial score (nSPS) is 14.0. The average Bonchev–Trinajstić information content (AvgIpc) is 3.40. The number of carbonyl (C=O) groups excluding carboxylic acids is 2. The van der Waals surface area contributed by atoms with Gasteiger partial charge in [0.2, 0.25) is 0 Å². The van der Waals surface area contributed by atoms with Crippen LogP contribution in [-0.4, -0.2) is 107 Å². The van der Waals surface area contributed by atoms with Crippen molar-refractivity contribution in [3.05, 3.63) is 59.8 Å². The van der Waals surface area contributed by atoms with Crippen LogP contribution in [0.1, 0.15) is 39.0 Å². The van der Waals surface area contributed by atoms with Crippen molar-refractivity contribution in [2.24, 2.45) is 0 Å². The molecule has 2 amide bonds. The fourth-order valence-corrected chi connectivity index (χ4v) is 7.40. The summed E-state index contributed by atoms with van der Waals surface area (Å²) in [5.74, 6) is 0.905. The van der Waals surface area contributed by atoms with Gasteiger partial charge in [0.05, 0.1) is 30.9 Å². The van der Waals surface area contributed by atoms with E-state index in [1.165, 1.54) is 34.7 Å². The van der Waals surface area contributed by atoms with E-state index in [0.717, 1.165) is 12.5 Å². The summed E-state index contributed by atoms with van der Waals surface area (Å²) in [5, 5.41) is 4.80. The molecule has 1 saturated heterocycles. The lowest BCUT2D eigenvalue weighted by atomic mass is 10.1. The molecule has 15 nitrogen and oxygen atoms in total. The molecule has 0 aliphatic carbocycles. The molecule has 1 aliphatic heterocycles. The molecular formula is C35H44N6O9S2. The van der Waals surface area contributed by atoms with Crippen molar-refractivity contribution >= 4 is 49.1 Å². The second-order valence-electron chi connectivity index (χ2n) is 13.5. The van der Waals surface area contributed by atoms with Crippen LogP contribution in [0, 0.1) is 6.92 Å². The fourth-order valence-electron chi connectivity index (χ4n) is 5.86. The summed E-state index contributed by atoms with van der Waals surface area (Å²) >= 11 is 0. The number of benzene rings is 2. The molecule has 0 radical (unpaired) electrons. The molecule has 0 N–H and O–H groups in total. The van der Waals surface area contributed by atoms with E-state index in [1.807, 2.05) is 4.90 Å². The standard InChI is InChI=1S/C35H44N6O9S2/c1-9-49-33(42)39-17-15-38(16-18-39)29-21-30(40(34(43)50-35(3,4)5)22-24-11-10-12-26(19-24)51(7,44)45)41-32(36-29)31(23(2)37-41)25-13-14-27(48-6)28(20-25)52(8,46)47/h10-14,19-21H,9,15-18,22H2,1-8H3. The van der Waals surface area contributed by atoms with Crippen LogP contribution < -0.4 is 14.5 Å². The van der Waals surface area contributed by atoms with Crippen LogP contribution in [0.25, 0.3) is 16.8 Å². The SMILES string of the molecule is CCOC(=O)N1CCN(c2cc(N(Cc3cccc(S(C)(=O)=O)c3)C(=O)OC(C)(C)C)n3nc(C)c(-c4ccc(OC)c(S(C)(=O)=O)c4)c3n2)CC1. The zero-order chi connectivity index (χ0) is 38.2. The van der Waals surface area contributed by atoms with E-state index in [-0.39, 0.29) is 34.5 Å². The van der Waals surface area contributed by atoms with Gasteiger partial charge in [-0.1, -0.05) is 18.2 Å². The van der Waals surface area contributed by atoms with Crippen LogP contribution in [0.5, 0.6) is 5.75 Å². The number of ether oxygens (including phenoxy) is 3. The average molecular weight is 757 g/mol. The quantitative estimate of drug-likeness (QED) is 0.230. The van der Waals surface area contributed by atoms with Crippen LogP contribution in [0.2, 0.25) is 0 Å². The Labute approximate surface area is 303 Å². The molecule has 17 heteroatoms. The zero-order valence-corrected chi connectivity index (χ0v) is 32.2. The summed E-state index contributed by atoms with van der Waals surface area (Å²) < 4.78 is 68.4. The van der Waals surface area contributed by atoms with E-state index in [4.69, 9.17) is 24.3 Å². The largest absolute Gasteiger partial charge is 0.495 e. The molecule has 1 fully saturated rings. The molecule has 0 atom stereocenters. The van der Waals surface area contributed by atoms with Gasteiger partial charge in [-0.15, -0.1) is 0 Å². The van der Waals surface area contributed by atoms with Gasteiger partial charge in [0.15, 0.2) is 25.3 Å². The molecule has 0 unspecified atom stereocenters. The van der Waals surface area contributed by atoms with Gasteiger partial charge in [0.25, 0.3) is 0 Å². The predicted molar refractivity (Wildman–Crippen MR) is 196 cm³/mol. The molecule has 4 aromatic rings. The third-order valence-corrected chi connectivity index (χ3v) is 10.5. The van der Waals surface area contributed by atoms with Crippen molar-refractivity contribution in [2.75, 3.05) is 62.2 Å². The highest BCUT2D eigenvalue weighted by Crippen LogP contribution is 2.37. The third-order valence-electron chi connectivity index (χ3n) is 8.27. The summed E-state index contributed by atoms with van der Waals surface area (Å²) in [6.07, 6.45) is 1.08. The van der Waals surface area contributed by atoms with Gasteiger partial charge in [0.1, 0.15) is 27.9 Å². The van der Waals surface area contributed by atoms with Crippen LogP contribution in [0.4, 0.5) is 21.2 Å². The van der Waals surface area contributed by atoms with Crippen molar-refractivity contribution in [1.29, 1.82) is 0 Å². The third kappa shape index (κ3) is 8.41. The number of fused-ring (bicyclic) bond motifs is 1. The Morgan fingerprint density at radius 3 is 2.23 bits per heavy atom. The number of anilines is 2. The molecular weight excluding hydrogens is 713 g/mol. The molecule has 0 spiro atoms. The highest BCUT2D eigenvalue weighted by Gasteiger charge is 2.31. The molecule has 52 heavy (non-hydrogen) atoms. The second kappa shape index (κ2) is 14.6. The smallest absolute Gasteiger partial charge is 0.416 e. The summed E-state index contributed by atoms with van der Waals surface area (Å²) in [7, 11) is -5.86. The van der Waals surface area contributed by atoms with E-state index in [2.05, 4.69) is 0 Å².